The number of amides is 2. The average Bonchev–Trinajstić information content (AvgIpc) is 2.74. The topological polar surface area (TPSA) is 91.7 Å². The van der Waals surface area contributed by atoms with E-state index in [9.17, 15) is 14.9 Å². The molecular weight excluding hydrogens is 394 g/mol. The fourth-order valence-corrected chi connectivity index (χ4v) is 2.74. The van der Waals surface area contributed by atoms with Gasteiger partial charge in [0.2, 0.25) is 0 Å². The Morgan fingerprint density at radius 1 is 1.16 bits per heavy atom. The predicted molar refractivity (Wildman–Crippen MR) is 120 cm³/mol. The predicted octanol–water partition coefficient (Wildman–Crippen LogP) is 3.79. The molecular formula is C24H27N3O4. The van der Waals surface area contributed by atoms with Crippen molar-refractivity contribution < 1.29 is 19.1 Å². The van der Waals surface area contributed by atoms with Crippen LogP contribution >= 0.6 is 0 Å². The van der Waals surface area contributed by atoms with E-state index in [0.717, 1.165) is 5.56 Å². The van der Waals surface area contributed by atoms with E-state index >= 15 is 0 Å². The minimum absolute atomic E-state index is 0.0483. The molecule has 0 bridgehead atoms. The molecule has 0 aromatic heterocycles. The summed E-state index contributed by atoms with van der Waals surface area (Å²) < 4.78 is 11.4. The summed E-state index contributed by atoms with van der Waals surface area (Å²) in [4.78, 5) is 26.0. The molecule has 7 heteroatoms. The first-order valence-corrected chi connectivity index (χ1v) is 9.89. The van der Waals surface area contributed by atoms with Crippen LogP contribution in [0, 0.1) is 18.3 Å². The average molecular weight is 421 g/mol. The molecule has 2 aromatic carbocycles. The maximum absolute atomic E-state index is 12.5. The summed E-state index contributed by atoms with van der Waals surface area (Å²) in [7, 11) is 3.31. The summed E-state index contributed by atoms with van der Waals surface area (Å²) >= 11 is 0. The van der Waals surface area contributed by atoms with E-state index < -0.39 is 12.0 Å². The van der Waals surface area contributed by atoms with Gasteiger partial charge in [-0.05, 0) is 56.7 Å². The number of nitriles is 1. The van der Waals surface area contributed by atoms with Crippen LogP contribution in [0.4, 0.5) is 5.69 Å². The van der Waals surface area contributed by atoms with Crippen LogP contribution in [0.2, 0.25) is 0 Å². The van der Waals surface area contributed by atoms with Gasteiger partial charge in [-0.15, -0.1) is 0 Å². The number of hydrogen-bond acceptors (Lipinski definition) is 5. The van der Waals surface area contributed by atoms with Crippen molar-refractivity contribution in [3.05, 3.63) is 59.2 Å². The summed E-state index contributed by atoms with van der Waals surface area (Å²) in [6, 6.07) is 14.3. The van der Waals surface area contributed by atoms with Crippen LogP contribution in [0.3, 0.4) is 0 Å². The number of ether oxygens (including phenoxy) is 2. The molecule has 2 rings (SSSR count). The lowest BCUT2D eigenvalue weighted by Gasteiger charge is -2.20. The number of anilines is 1. The van der Waals surface area contributed by atoms with Gasteiger partial charge >= 0.3 is 0 Å². The van der Waals surface area contributed by atoms with Crippen LogP contribution in [0.1, 0.15) is 25.0 Å². The van der Waals surface area contributed by atoms with Gasteiger partial charge in [0.15, 0.2) is 17.6 Å². The molecule has 0 aliphatic carbocycles. The van der Waals surface area contributed by atoms with Crippen molar-refractivity contribution in [2.45, 2.75) is 26.9 Å². The zero-order chi connectivity index (χ0) is 23.0. The largest absolute Gasteiger partial charge is 0.490 e. The Labute approximate surface area is 182 Å². The van der Waals surface area contributed by atoms with E-state index in [4.69, 9.17) is 9.47 Å². The van der Waals surface area contributed by atoms with Crippen molar-refractivity contribution in [1.29, 1.82) is 5.26 Å². The fourth-order valence-electron chi connectivity index (χ4n) is 2.74. The number of carbonyl (C=O) groups excluding carboxylic acids is 2. The minimum Gasteiger partial charge on any atom is -0.490 e. The fraction of sp³-hybridized carbons (Fsp3) is 0.292. The van der Waals surface area contributed by atoms with Crippen LogP contribution in [0.5, 0.6) is 11.5 Å². The van der Waals surface area contributed by atoms with E-state index in [-0.39, 0.29) is 11.5 Å². The van der Waals surface area contributed by atoms with E-state index in [1.165, 1.54) is 11.0 Å². The third-order valence-electron chi connectivity index (χ3n) is 4.35. The molecule has 7 nitrogen and oxygen atoms in total. The maximum Gasteiger partial charge on any atom is 0.266 e. The number of nitrogens with zero attached hydrogens (tertiary/aromatic N) is 2. The summed E-state index contributed by atoms with van der Waals surface area (Å²) in [5.74, 6) is 0.149. The summed E-state index contributed by atoms with van der Waals surface area (Å²) in [6.07, 6.45) is 0.787. The Morgan fingerprint density at radius 3 is 2.42 bits per heavy atom. The van der Waals surface area contributed by atoms with Crippen LogP contribution < -0.4 is 14.8 Å². The number of hydrogen-bond donors (Lipinski definition) is 1. The number of benzene rings is 2. The van der Waals surface area contributed by atoms with E-state index in [1.54, 1.807) is 51.4 Å². The first-order chi connectivity index (χ1) is 14.7. The molecule has 0 saturated carbocycles. The molecule has 0 unspecified atom stereocenters. The number of aryl methyl sites for hydroxylation is 1. The molecule has 2 aromatic rings. The van der Waals surface area contributed by atoms with Gasteiger partial charge in [0.25, 0.3) is 11.8 Å². The molecule has 0 fully saturated rings. The lowest BCUT2D eigenvalue weighted by Crippen LogP contribution is -2.35. The van der Waals surface area contributed by atoms with Crippen LogP contribution in [-0.4, -0.2) is 43.5 Å². The molecule has 0 saturated heterocycles. The molecule has 0 spiro atoms. The van der Waals surface area contributed by atoms with E-state index in [1.807, 2.05) is 32.0 Å². The van der Waals surface area contributed by atoms with Crippen molar-refractivity contribution in [2.75, 3.05) is 26.0 Å². The number of nitrogens with one attached hydrogen (secondary N) is 1. The van der Waals surface area contributed by atoms with Gasteiger partial charge in [0, 0.05) is 19.8 Å². The molecule has 0 aliphatic heterocycles. The lowest BCUT2D eigenvalue weighted by atomic mass is 10.1. The second kappa shape index (κ2) is 10.8. The molecule has 1 N–H and O–H groups in total. The number of carbonyl (C=O) groups is 2. The van der Waals surface area contributed by atoms with Crippen molar-refractivity contribution in [3.63, 3.8) is 0 Å². The third kappa shape index (κ3) is 6.61. The van der Waals surface area contributed by atoms with Gasteiger partial charge in [0.1, 0.15) is 11.6 Å². The normalized spacial score (nSPS) is 11.8. The van der Waals surface area contributed by atoms with Crippen LogP contribution in [-0.2, 0) is 9.59 Å². The molecule has 1 atom stereocenters. The Balaban J connectivity index is 2.25. The van der Waals surface area contributed by atoms with Crippen molar-refractivity contribution in [2.24, 2.45) is 0 Å². The Morgan fingerprint density at radius 2 is 1.84 bits per heavy atom. The van der Waals surface area contributed by atoms with Gasteiger partial charge in [-0.25, -0.2) is 0 Å². The first-order valence-electron chi connectivity index (χ1n) is 9.89. The SMILES string of the molecule is CCOc1cc(/C=C(\C#N)C(=O)Nc2ccc(C)cc2)ccc1O[C@@H](C)C(=O)N(C)C. The van der Waals surface area contributed by atoms with Gasteiger partial charge in [-0.3, -0.25) is 9.59 Å². The van der Waals surface area contributed by atoms with Gasteiger partial charge in [-0.2, -0.15) is 5.26 Å². The lowest BCUT2D eigenvalue weighted by molar-refractivity contribution is -0.135. The third-order valence-corrected chi connectivity index (χ3v) is 4.35. The Kier molecular flexibility index (Phi) is 8.21. The highest BCUT2D eigenvalue weighted by molar-refractivity contribution is 6.09. The van der Waals surface area contributed by atoms with Crippen molar-refractivity contribution in [3.8, 4) is 17.6 Å². The summed E-state index contributed by atoms with van der Waals surface area (Å²) in [5.41, 5.74) is 2.22. The highest BCUT2D eigenvalue weighted by Crippen LogP contribution is 2.30. The van der Waals surface area contributed by atoms with Crippen molar-refractivity contribution in [1.82, 2.24) is 4.90 Å². The van der Waals surface area contributed by atoms with Crippen LogP contribution in [0.25, 0.3) is 6.08 Å². The van der Waals surface area contributed by atoms with Gasteiger partial charge < -0.3 is 19.7 Å². The Bertz CT molecular complexity index is 1000. The van der Waals surface area contributed by atoms with E-state index in [0.29, 0.717) is 29.4 Å². The zero-order valence-electron chi connectivity index (χ0n) is 18.4. The molecule has 2 amide bonds. The standard InChI is InChI=1S/C24H27N3O4/c1-6-30-22-14-18(9-12-21(22)31-17(3)24(29)27(4)5)13-19(15-25)23(28)26-20-10-7-16(2)8-11-20/h7-14,17H,6H2,1-5H3,(H,26,28)/b19-13+/t17-/m0/s1. The molecule has 0 heterocycles. The van der Waals surface area contributed by atoms with Gasteiger partial charge in [-0.1, -0.05) is 23.8 Å². The monoisotopic (exact) mass is 421 g/mol. The number of likely N-dealkylation sites (N-methyl/N-ethyl adjacent to an activating group) is 1. The number of rotatable bonds is 8. The molecule has 0 radical (unpaired) electrons. The van der Waals surface area contributed by atoms with E-state index in [2.05, 4.69) is 5.32 Å². The van der Waals surface area contributed by atoms with Crippen LogP contribution in [0.15, 0.2) is 48.0 Å². The minimum atomic E-state index is -0.689. The molecule has 31 heavy (non-hydrogen) atoms. The highest BCUT2D eigenvalue weighted by Gasteiger charge is 2.19. The van der Waals surface area contributed by atoms with Gasteiger partial charge in [0.05, 0.1) is 6.61 Å². The quantitative estimate of drug-likeness (QED) is 0.517. The summed E-state index contributed by atoms with van der Waals surface area (Å²) in [6.45, 7) is 5.83. The summed E-state index contributed by atoms with van der Waals surface area (Å²) in [5, 5.41) is 12.2. The highest BCUT2D eigenvalue weighted by atomic mass is 16.5. The van der Waals surface area contributed by atoms with Crippen molar-refractivity contribution >= 4 is 23.6 Å². The second-order valence-corrected chi connectivity index (χ2v) is 7.12. The Hall–Kier alpha value is -3.79. The second-order valence-electron chi connectivity index (χ2n) is 7.12. The zero-order valence-corrected chi connectivity index (χ0v) is 18.4. The smallest absolute Gasteiger partial charge is 0.266 e. The first kappa shape index (κ1) is 23.5. The molecule has 162 valence electrons. The molecule has 0 aliphatic rings. The maximum atomic E-state index is 12.5.